The smallest absolute Gasteiger partial charge is 0.325 e. The zero-order valence-electron chi connectivity index (χ0n) is 13.1. The van der Waals surface area contributed by atoms with Crippen molar-refractivity contribution in [3.05, 3.63) is 30.3 Å². The van der Waals surface area contributed by atoms with Gasteiger partial charge in [-0.1, -0.05) is 18.2 Å². The predicted molar refractivity (Wildman–Crippen MR) is 86.6 cm³/mol. The van der Waals surface area contributed by atoms with Crippen LogP contribution in [0.15, 0.2) is 30.3 Å². The number of hydrogen-bond donors (Lipinski definition) is 3. The fourth-order valence-electron chi connectivity index (χ4n) is 2.67. The van der Waals surface area contributed by atoms with Gasteiger partial charge in [-0.3, -0.25) is 19.8 Å². The normalized spacial score (nSPS) is 21.4. The third-order valence-electron chi connectivity index (χ3n) is 4.04. The first-order chi connectivity index (χ1) is 11.0. The number of urea groups is 1. The van der Waals surface area contributed by atoms with Crippen LogP contribution in [0.25, 0.3) is 0 Å². The molecule has 1 heterocycles. The number of carbonyl (C=O) groups excluding carboxylic acids is 3. The summed E-state index contributed by atoms with van der Waals surface area (Å²) in [6, 6.07) is 8.47. The van der Waals surface area contributed by atoms with Crippen molar-refractivity contribution in [1.29, 1.82) is 0 Å². The van der Waals surface area contributed by atoms with Crippen LogP contribution >= 0.6 is 0 Å². The molecule has 0 unspecified atom stereocenters. The van der Waals surface area contributed by atoms with Gasteiger partial charge in [0.2, 0.25) is 11.8 Å². The lowest BCUT2D eigenvalue weighted by Gasteiger charge is -2.36. The van der Waals surface area contributed by atoms with E-state index < -0.39 is 11.9 Å². The summed E-state index contributed by atoms with van der Waals surface area (Å²) in [7, 11) is 0. The van der Waals surface area contributed by atoms with Crippen molar-refractivity contribution in [3.8, 4) is 0 Å². The van der Waals surface area contributed by atoms with Crippen molar-refractivity contribution in [2.45, 2.75) is 25.8 Å². The number of nitrogens with zero attached hydrogens (tertiary/aromatic N) is 1. The van der Waals surface area contributed by atoms with Gasteiger partial charge in [0.05, 0.1) is 12.5 Å². The SMILES string of the molecule is C[C@@H]1CC[C@@H](C(N)=O)CN1CC(=O)NC(=O)Nc1ccccc1. The van der Waals surface area contributed by atoms with Crippen LogP contribution in [0.5, 0.6) is 0 Å². The van der Waals surface area contributed by atoms with E-state index in [-0.39, 0.29) is 24.4 Å². The summed E-state index contributed by atoms with van der Waals surface area (Å²) in [5, 5.41) is 4.88. The topological polar surface area (TPSA) is 105 Å². The van der Waals surface area contributed by atoms with Crippen LogP contribution in [0.2, 0.25) is 0 Å². The van der Waals surface area contributed by atoms with Crippen LogP contribution in [0.4, 0.5) is 10.5 Å². The van der Waals surface area contributed by atoms with Gasteiger partial charge in [0, 0.05) is 18.3 Å². The first-order valence-electron chi connectivity index (χ1n) is 7.65. The maximum absolute atomic E-state index is 12.0. The number of amides is 4. The standard InChI is InChI=1S/C16H22N4O3/c1-11-7-8-12(15(17)22)9-20(11)10-14(21)19-16(23)18-13-5-3-2-4-6-13/h2-6,11-12H,7-10H2,1H3,(H2,17,22)(H2,18,19,21,23)/t11-,12-/m1/s1. The van der Waals surface area contributed by atoms with Crippen molar-refractivity contribution in [1.82, 2.24) is 10.2 Å². The van der Waals surface area contributed by atoms with E-state index in [4.69, 9.17) is 5.73 Å². The lowest BCUT2D eigenvalue weighted by Crippen LogP contribution is -2.50. The molecule has 1 aliphatic heterocycles. The van der Waals surface area contributed by atoms with E-state index in [9.17, 15) is 14.4 Å². The molecule has 0 aromatic heterocycles. The van der Waals surface area contributed by atoms with Crippen LogP contribution < -0.4 is 16.4 Å². The molecule has 23 heavy (non-hydrogen) atoms. The van der Waals surface area contributed by atoms with E-state index in [1.807, 2.05) is 17.9 Å². The van der Waals surface area contributed by atoms with Crippen LogP contribution in [0.1, 0.15) is 19.8 Å². The van der Waals surface area contributed by atoms with Gasteiger partial charge >= 0.3 is 6.03 Å². The summed E-state index contributed by atoms with van der Waals surface area (Å²) in [5.41, 5.74) is 5.95. The number of piperidine rings is 1. The highest BCUT2D eigenvalue weighted by atomic mass is 16.2. The van der Waals surface area contributed by atoms with Crippen molar-refractivity contribution in [3.63, 3.8) is 0 Å². The summed E-state index contributed by atoms with van der Waals surface area (Å²) >= 11 is 0. The van der Waals surface area contributed by atoms with E-state index >= 15 is 0 Å². The Balaban J connectivity index is 1.83. The fraction of sp³-hybridized carbons (Fsp3) is 0.438. The summed E-state index contributed by atoms with van der Waals surface area (Å²) < 4.78 is 0. The first kappa shape index (κ1) is 17.0. The van der Waals surface area contributed by atoms with E-state index in [1.54, 1.807) is 24.3 Å². The minimum atomic E-state index is -0.572. The quantitative estimate of drug-likeness (QED) is 0.767. The van der Waals surface area contributed by atoms with Gasteiger partial charge < -0.3 is 11.1 Å². The van der Waals surface area contributed by atoms with Gasteiger partial charge in [0.25, 0.3) is 0 Å². The number of rotatable bonds is 4. The number of hydrogen-bond acceptors (Lipinski definition) is 4. The van der Waals surface area contributed by atoms with Gasteiger partial charge in [0.1, 0.15) is 0 Å². The minimum Gasteiger partial charge on any atom is -0.369 e. The number of carbonyl (C=O) groups is 3. The molecule has 1 aromatic rings. The van der Waals surface area contributed by atoms with Crippen molar-refractivity contribution in [2.24, 2.45) is 11.7 Å². The summed E-state index contributed by atoms with van der Waals surface area (Å²) in [6.45, 7) is 2.51. The average molecular weight is 318 g/mol. The molecule has 7 heteroatoms. The Bertz CT molecular complexity index is 576. The van der Waals surface area contributed by atoms with Crippen LogP contribution in [-0.4, -0.2) is 41.9 Å². The number of nitrogens with two attached hydrogens (primary N) is 1. The largest absolute Gasteiger partial charge is 0.369 e. The van der Waals surface area contributed by atoms with Crippen molar-refractivity contribution < 1.29 is 14.4 Å². The number of likely N-dealkylation sites (tertiary alicyclic amines) is 1. The number of anilines is 1. The average Bonchev–Trinajstić information content (AvgIpc) is 2.50. The predicted octanol–water partition coefficient (Wildman–Crippen LogP) is 0.920. The van der Waals surface area contributed by atoms with E-state index in [2.05, 4.69) is 10.6 Å². The Morgan fingerprint density at radius 2 is 1.91 bits per heavy atom. The molecule has 0 bridgehead atoms. The number of nitrogens with one attached hydrogen (secondary N) is 2. The Hall–Kier alpha value is -2.41. The van der Waals surface area contributed by atoms with Gasteiger partial charge in [-0.25, -0.2) is 4.79 Å². The third kappa shape index (κ3) is 5.07. The number of primary amides is 1. The maximum Gasteiger partial charge on any atom is 0.325 e. The monoisotopic (exact) mass is 318 g/mol. The highest BCUT2D eigenvalue weighted by molar-refractivity contribution is 6.01. The molecule has 2 rings (SSSR count). The fourth-order valence-corrected chi connectivity index (χ4v) is 2.67. The van der Waals surface area contributed by atoms with E-state index in [0.29, 0.717) is 12.2 Å². The molecule has 0 spiro atoms. The first-order valence-corrected chi connectivity index (χ1v) is 7.65. The minimum absolute atomic E-state index is 0.0627. The molecule has 1 fully saturated rings. The lowest BCUT2D eigenvalue weighted by molar-refractivity contribution is -0.127. The Kier molecular flexibility index (Phi) is 5.70. The molecule has 1 aliphatic rings. The van der Waals surface area contributed by atoms with Crippen LogP contribution in [0, 0.1) is 5.92 Å². The number of benzene rings is 1. The second-order valence-electron chi connectivity index (χ2n) is 5.82. The molecule has 2 atom stereocenters. The van der Waals surface area contributed by atoms with Crippen LogP contribution in [-0.2, 0) is 9.59 Å². The summed E-state index contributed by atoms with van der Waals surface area (Å²) in [6.07, 6.45) is 1.54. The number of imide groups is 1. The molecule has 4 N–H and O–H groups in total. The Morgan fingerprint density at radius 1 is 1.22 bits per heavy atom. The second-order valence-corrected chi connectivity index (χ2v) is 5.82. The Morgan fingerprint density at radius 3 is 2.57 bits per heavy atom. The van der Waals surface area contributed by atoms with Gasteiger partial charge in [-0.2, -0.15) is 0 Å². The Labute approximate surface area is 135 Å². The number of para-hydroxylation sites is 1. The molecular formula is C16H22N4O3. The van der Waals surface area contributed by atoms with E-state index in [0.717, 1.165) is 12.8 Å². The van der Waals surface area contributed by atoms with Gasteiger partial charge in [-0.05, 0) is 31.9 Å². The molecule has 124 valence electrons. The third-order valence-corrected chi connectivity index (χ3v) is 4.04. The van der Waals surface area contributed by atoms with Gasteiger partial charge in [0.15, 0.2) is 0 Å². The van der Waals surface area contributed by atoms with Gasteiger partial charge in [-0.15, -0.1) is 0 Å². The molecule has 0 radical (unpaired) electrons. The highest BCUT2D eigenvalue weighted by Crippen LogP contribution is 2.21. The van der Waals surface area contributed by atoms with E-state index in [1.165, 1.54) is 0 Å². The van der Waals surface area contributed by atoms with Crippen LogP contribution in [0.3, 0.4) is 0 Å². The molecule has 0 saturated carbocycles. The summed E-state index contributed by atoms with van der Waals surface area (Å²) in [4.78, 5) is 37.0. The highest BCUT2D eigenvalue weighted by Gasteiger charge is 2.29. The molecule has 4 amide bonds. The molecule has 7 nitrogen and oxygen atoms in total. The zero-order chi connectivity index (χ0) is 16.8. The summed E-state index contributed by atoms with van der Waals surface area (Å²) in [5.74, 6) is -0.989. The van der Waals surface area contributed by atoms with Crippen molar-refractivity contribution >= 4 is 23.5 Å². The maximum atomic E-state index is 12.0. The molecule has 1 saturated heterocycles. The second kappa shape index (κ2) is 7.73. The molecule has 1 aromatic carbocycles. The van der Waals surface area contributed by atoms with Crippen molar-refractivity contribution in [2.75, 3.05) is 18.4 Å². The molecular weight excluding hydrogens is 296 g/mol. The lowest BCUT2D eigenvalue weighted by atomic mass is 9.93. The molecule has 0 aliphatic carbocycles. The zero-order valence-corrected chi connectivity index (χ0v) is 13.1.